The molecule has 1 atom stereocenters. The summed E-state index contributed by atoms with van der Waals surface area (Å²) in [6, 6.07) is 0. The highest BCUT2D eigenvalue weighted by Crippen LogP contribution is 2.16. The lowest BCUT2D eigenvalue weighted by atomic mass is 10.0. The van der Waals surface area contributed by atoms with E-state index in [9.17, 15) is 14.4 Å². The smallest absolute Gasteiger partial charge is 0.306 e. The van der Waals surface area contributed by atoms with Crippen molar-refractivity contribution in [2.75, 3.05) is 13.2 Å². The molecule has 0 aliphatic rings. The highest BCUT2D eigenvalue weighted by Gasteiger charge is 2.19. The number of unbranched alkanes of at least 4 members (excludes halogenated alkanes) is 28. The lowest BCUT2D eigenvalue weighted by molar-refractivity contribution is -0.167. The first-order valence-corrected chi connectivity index (χ1v) is 29.6. The van der Waals surface area contributed by atoms with Crippen LogP contribution in [-0.4, -0.2) is 37.2 Å². The van der Waals surface area contributed by atoms with E-state index < -0.39 is 6.10 Å². The lowest BCUT2D eigenvalue weighted by Gasteiger charge is -2.18. The van der Waals surface area contributed by atoms with E-state index in [1.165, 1.54) is 141 Å². The topological polar surface area (TPSA) is 78.9 Å². The van der Waals surface area contributed by atoms with Crippen molar-refractivity contribution < 1.29 is 28.6 Å². The molecule has 0 aromatic heterocycles. The van der Waals surface area contributed by atoms with Crippen molar-refractivity contribution in [1.82, 2.24) is 0 Å². The molecule has 0 saturated carbocycles. The van der Waals surface area contributed by atoms with Crippen LogP contribution >= 0.6 is 0 Å². The molecule has 0 heterocycles. The molecule has 0 rings (SSSR count). The average molecular weight is 976 g/mol. The molecule has 0 aromatic rings. The monoisotopic (exact) mass is 975 g/mol. The number of carbonyl (C=O) groups excluding carboxylic acids is 3. The van der Waals surface area contributed by atoms with Gasteiger partial charge in [-0.25, -0.2) is 0 Å². The number of allylic oxidation sites excluding steroid dienone is 14. The molecule has 1 unspecified atom stereocenters. The maximum atomic E-state index is 12.9. The maximum Gasteiger partial charge on any atom is 0.306 e. The summed E-state index contributed by atoms with van der Waals surface area (Å²) < 4.78 is 16.9. The van der Waals surface area contributed by atoms with Gasteiger partial charge in [0.1, 0.15) is 13.2 Å². The van der Waals surface area contributed by atoms with Gasteiger partial charge in [0, 0.05) is 19.3 Å². The lowest BCUT2D eigenvalue weighted by Crippen LogP contribution is -2.30. The molecule has 0 radical (unpaired) electrons. The molecule has 70 heavy (non-hydrogen) atoms. The Morgan fingerprint density at radius 3 is 0.914 bits per heavy atom. The van der Waals surface area contributed by atoms with E-state index in [2.05, 4.69) is 106 Å². The summed E-state index contributed by atoms with van der Waals surface area (Å²) in [4.78, 5) is 38.2. The van der Waals surface area contributed by atoms with Gasteiger partial charge in [0.2, 0.25) is 0 Å². The fourth-order valence-electron chi connectivity index (χ4n) is 8.21. The first kappa shape index (κ1) is 66.6. The van der Waals surface area contributed by atoms with Crippen molar-refractivity contribution in [2.24, 2.45) is 0 Å². The average Bonchev–Trinajstić information content (AvgIpc) is 3.36. The second kappa shape index (κ2) is 58.2. The van der Waals surface area contributed by atoms with Gasteiger partial charge in [0.15, 0.2) is 6.10 Å². The number of esters is 3. The minimum Gasteiger partial charge on any atom is -0.462 e. The number of rotatable bonds is 53. The summed E-state index contributed by atoms with van der Waals surface area (Å²) >= 11 is 0. The van der Waals surface area contributed by atoms with E-state index in [0.717, 1.165) is 103 Å². The molecule has 6 nitrogen and oxygen atoms in total. The van der Waals surface area contributed by atoms with Crippen LogP contribution in [0, 0.1) is 0 Å². The fraction of sp³-hybridized carbons (Fsp3) is 0.734. The van der Waals surface area contributed by atoms with Crippen LogP contribution in [0.2, 0.25) is 0 Å². The Balaban J connectivity index is 4.43. The third-order valence-electron chi connectivity index (χ3n) is 12.6. The predicted molar refractivity (Wildman–Crippen MR) is 302 cm³/mol. The van der Waals surface area contributed by atoms with Gasteiger partial charge in [0.25, 0.3) is 0 Å². The highest BCUT2D eigenvalue weighted by atomic mass is 16.6. The van der Waals surface area contributed by atoms with Gasteiger partial charge in [-0.15, -0.1) is 0 Å². The second-order valence-corrected chi connectivity index (χ2v) is 19.5. The first-order chi connectivity index (χ1) is 34.5. The number of carbonyl (C=O) groups is 3. The van der Waals surface area contributed by atoms with Crippen LogP contribution in [0.4, 0.5) is 0 Å². The second-order valence-electron chi connectivity index (χ2n) is 19.5. The molecule has 0 aliphatic carbocycles. The fourth-order valence-corrected chi connectivity index (χ4v) is 8.21. The van der Waals surface area contributed by atoms with Crippen molar-refractivity contribution in [1.29, 1.82) is 0 Å². The van der Waals surface area contributed by atoms with Gasteiger partial charge in [-0.3, -0.25) is 14.4 Å². The summed E-state index contributed by atoms with van der Waals surface area (Å²) in [5.41, 5.74) is 0. The highest BCUT2D eigenvalue weighted by molar-refractivity contribution is 5.71. The van der Waals surface area contributed by atoms with Crippen molar-refractivity contribution in [3.05, 3.63) is 85.1 Å². The van der Waals surface area contributed by atoms with E-state index in [-0.39, 0.29) is 31.1 Å². The van der Waals surface area contributed by atoms with Crippen LogP contribution < -0.4 is 0 Å². The van der Waals surface area contributed by atoms with Gasteiger partial charge in [0.05, 0.1) is 0 Å². The van der Waals surface area contributed by atoms with Gasteiger partial charge >= 0.3 is 17.9 Å². The predicted octanol–water partition coefficient (Wildman–Crippen LogP) is 19.9. The normalized spacial score (nSPS) is 12.7. The van der Waals surface area contributed by atoms with Gasteiger partial charge in [-0.1, -0.05) is 254 Å². The van der Waals surface area contributed by atoms with Gasteiger partial charge in [-0.05, 0) is 96.3 Å². The Morgan fingerprint density at radius 1 is 0.300 bits per heavy atom. The maximum absolute atomic E-state index is 12.9. The van der Waals surface area contributed by atoms with Crippen LogP contribution in [0.3, 0.4) is 0 Å². The molecule has 0 amide bonds. The van der Waals surface area contributed by atoms with Crippen molar-refractivity contribution in [2.45, 2.75) is 290 Å². The number of hydrogen-bond acceptors (Lipinski definition) is 6. The third kappa shape index (κ3) is 55.5. The Morgan fingerprint density at radius 2 is 0.557 bits per heavy atom. The van der Waals surface area contributed by atoms with Crippen LogP contribution in [-0.2, 0) is 28.6 Å². The Bertz CT molecular complexity index is 1350. The summed E-state index contributed by atoms with van der Waals surface area (Å²) in [7, 11) is 0. The first-order valence-electron chi connectivity index (χ1n) is 29.6. The molecule has 6 heteroatoms. The molecule has 0 spiro atoms. The molecule has 0 aromatic carbocycles. The van der Waals surface area contributed by atoms with Crippen molar-refractivity contribution >= 4 is 17.9 Å². The molecule has 0 fully saturated rings. The number of hydrogen-bond donors (Lipinski definition) is 0. The largest absolute Gasteiger partial charge is 0.462 e. The zero-order valence-corrected chi connectivity index (χ0v) is 46.0. The summed E-state index contributed by atoms with van der Waals surface area (Å²) in [5, 5.41) is 0. The summed E-state index contributed by atoms with van der Waals surface area (Å²) in [6.45, 7) is 6.49. The zero-order valence-electron chi connectivity index (χ0n) is 46.0. The molecule has 0 saturated heterocycles. The Labute approximate surface area is 433 Å². The van der Waals surface area contributed by atoms with E-state index >= 15 is 0 Å². The van der Waals surface area contributed by atoms with Gasteiger partial charge < -0.3 is 14.2 Å². The molecule has 0 bridgehead atoms. The van der Waals surface area contributed by atoms with E-state index in [1.54, 1.807) is 0 Å². The summed E-state index contributed by atoms with van der Waals surface area (Å²) in [6.07, 6.45) is 75.7. The van der Waals surface area contributed by atoms with Crippen molar-refractivity contribution in [3.8, 4) is 0 Å². The van der Waals surface area contributed by atoms with Gasteiger partial charge in [-0.2, -0.15) is 0 Å². The van der Waals surface area contributed by atoms with Crippen LogP contribution in [0.25, 0.3) is 0 Å². The molecule has 402 valence electrons. The van der Waals surface area contributed by atoms with E-state index in [0.29, 0.717) is 19.3 Å². The van der Waals surface area contributed by atoms with Crippen LogP contribution in [0.15, 0.2) is 85.1 Å². The van der Waals surface area contributed by atoms with Crippen LogP contribution in [0.5, 0.6) is 0 Å². The minimum atomic E-state index is -0.792. The number of ether oxygens (including phenoxy) is 3. The summed E-state index contributed by atoms with van der Waals surface area (Å²) in [5.74, 6) is -0.916. The van der Waals surface area contributed by atoms with Crippen LogP contribution in [0.1, 0.15) is 284 Å². The standard InChI is InChI=1S/C64H110O6/c1-4-7-10-13-16-19-22-25-28-30-32-34-36-39-42-45-48-51-54-57-63(66)69-60-61(59-68-62(65)56-53-50-47-44-41-38-27-24-21-18-15-12-9-6-3)70-64(67)58-55-52-49-46-43-40-37-35-33-31-29-26-23-20-17-14-11-8-5-2/h7,10,16-17,19-20,25-26,28-29,32,34,39,42,61H,4-6,8-9,11-15,18,21-24,27,30-31,33,35-38,40-41,43-60H2,1-3H3/b10-7-,19-16-,20-17-,28-25-,29-26-,34-32-,42-39-. The SMILES string of the molecule is CC/C=C\C/C=C\C/C=C\C/C=C\C/C=C\CCCCCC(=O)OCC(COC(=O)CCCCCCCCCCCCCCCC)OC(=O)CCCCCCCCCCC/C=C\C/C=C\CCCCC. The molecule has 0 aliphatic heterocycles. The third-order valence-corrected chi connectivity index (χ3v) is 12.6. The quantitative estimate of drug-likeness (QED) is 0.0261. The molecule has 0 N–H and O–H groups in total. The minimum absolute atomic E-state index is 0.0868. The Kier molecular flexibility index (Phi) is 55.3. The zero-order chi connectivity index (χ0) is 50.7. The van der Waals surface area contributed by atoms with E-state index in [1.807, 2.05) is 0 Å². The van der Waals surface area contributed by atoms with Crippen molar-refractivity contribution in [3.63, 3.8) is 0 Å². The van der Waals surface area contributed by atoms with E-state index in [4.69, 9.17) is 14.2 Å². The molecular weight excluding hydrogens is 865 g/mol. The Hall–Kier alpha value is -3.41. The molecular formula is C64H110O6.